The van der Waals surface area contributed by atoms with E-state index in [1.807, 2.05) is 12.1 Å². The van der Waals surface area contributed by atoms with Gasteiger partial charge in [0.2, 0.25) is 11.8 Å². The summed E-state index contributed by atoms with van der Waals surface area (Å²) in [4.78, 5) is 31.1. The van der Waals surface area contributed by atoms with Gasteiger partial charge in [0.05, 0.1) is 6.04 Å². The quantitative estimate of drug-likeness (QED) is 0.720. The maximum Gasteiger partial charge on any atom is 0.241 e. The summed E-state index contributed by atoms with van der Waals surface area (Å²) in [5.41, 5.74) is 1.23. The van der Waals surface area contributed by atoms with Gasteiger partial charge in [-0.2, -0.15) is 0 Å². The Morgan fingerprint density at radius 2 is 1.90 bits per heavy atom. The molecule has 1 aromatic heterocycles. The Morgan fingerprint density at radius 1 is 1.21 bits per heavy atom. The maximum absolute atomic E-state index is 14.4. The molecule has 2 atom stereocenters. The number of amides is 2. The number of aromatic nitrogens is 1. The second-order valence-electron chi connectivity index (χ2n) is 6.51. The molecule has 1 saturated heterocycles. The van der Waals surface area contributed by atoms with Crippen molar-refractivity contribution in [3.8, 4) is 0 Å². The molecule has 9 heteroatoms. The molecule has 0 aliphatic carbocycles. The van der Waals surface area contributed by atoms with Gasteiger partial charge in [0.15, 0.2) is 0 Å². The van der Waals surface area contributed by atoms with Crippen LogP contribution in [0.5, 0.6) is 0 Å². The van der Waals surface area contributed by atoms with Crippen molar-refractivity contribution in [2.45, 2.75) is 31.5 Å². The third kappa shape index (κ3) is 5.88. The molecule has 0 bridgehead atoms. The van der Waals surface area contributed by atoms with Crippen molar-refractivity contribution in [2.75, 3.05) is 13.6 Å². The van der Waals surface area contributed by atoms with Crippen LogP contribution in [-0.4, -0.2) is 41.3 Å². The summed E-state index contributed by atoms with van der Waals surface area (Å²) in [6.45, 7) is 0.940. The van der Waals surface area contributed by atoms with Crippen LogP contribution in [-0.2, 0) is 16.1 Å². The Morgan fingerprint density at radius 3 is 2.55 bits per heavy atom. The van der Waals surface area contributed by atoms with E-state index in [4.69, 9.17) is 0 Å². The Labute approximate surface area is 182 Å². The van der Waals surface area contributed by atoms with Gasteiger partial charge >= 0.3 is 0 Å². The van der Waals surface area contributed by atoms with Gasteiger partial charge in [0.1, 0.15) is 11.9 Å². The van der Waals surface area contributed by atoms with E-state index in [1.54, 1.807) is 35.5 Å². The molecule has 158 valence electrons. The van der Waals surface area contributed by atoms with Gasteiger partial charge in [0.25, 0.3) is 0 Å². The monoisotopic (exact) mass is 442 g/mol. The Bertz CT molecular complexity index is 810. The zero-order valence-corrected chi connectivity index (χ0v) is 17.6. The highest BCUT2D eigenvalue weighted by Gasteiger charge is 2.39. The molecule has 2 N–H and O–H groups in total. The standard InChI is InChI=1S/C20H23FN4O2.2ClH/c1-22-20(27)18(15-5-2-3-6-16(15)21)25-12-4-7-17(25)19(26)24-13-14-8-10-23-11-9-14;;/h2-3,5-6,8-11,17-18H,4,7,12-13H2,1H3,(H,22,27)(H,24,26);2*1H/t17-,18+;;/m0../s1. The van der Waals surface area contributed by atoms with Crippen LogP contribution in [0.15, 0.2) is 48.8 Å². The number of carbonyl (C=O) groups excluding carboxylic acids is 2. The van der Waals surface area contributed by atoms with Crippen molar-refractivity contribution in [1.29, 1.82) is 0 Å². The molecule has 2 amide bonds. The van der Waals surface area contributed by atoms with Gasteiger partial charge in [0, 0.05) is 38.1 Å². The summed E-state index contributed by atoms with van der Waals surface area (Å²) < 4.78 is 14.4. The van der Waals surface area contributed by atoms with Crippen LogP contribution in [0.3, 0.4) is 0 Å². The number of nitrogens with one attached hydrogen (secondary N) is 2. The van der Waals surface area contributed by atoms with Crippen LogP contribution < -0.4 is 10.6 Å². The molecule has 1 fully saturated rings. The van der Waals surface area contributed by atoms with E-state index in [-0.39, 0.29) is 42.2 Å². The van der Waals surface area contributed by atoms with Crippen molar-refractivity contribution in [2.24, 2.45) is 0 Å². The maximum atomic E-state index is 14.4. The number of likely N-dealkylation sites (tertiary alicyclic amines) is 1. The van der Waals surface area contributed by atoms with Gasteiger partial charge in [-0.1, -0.05) is 18.2 Å². The second kappa shape index (κ2) is 11.7. The van der Waals surface area contributed by atoms with Crippen molar-refractivity contribution in [3.05, 3.63) is 65.7 Å². The predicted octanol–water partition coefficient (Wildman–Crippen LogP) is 2.63. The summed E-state index contributed by atoms with van der Waals surface area (Å²) >= 11 is 0. The van der Waals surface area contributed by atoms with E-state index in [0.29, 0.717) is 19.5 Å². The van der Waals surface area contributed by atoms with E-state index in [9.17, 15) is 14.0 Å². The van der Waals surface area contributed by atoms with Gasteiger partial charge < -0.3 is 10.6 Å². The van der Waals surface area contributed by atoms with Crippen molar-refractivity contribution in [3.63, 3.8) is 0 Å². The summed E-state index contributed by atoms with van der Waals surface area (Å²) in [6, 6.07) is 8.56. The first-order chi connectivity index (χ1) is 13.1. The molecule has 0 saturated carbocycles. The highest BCUT2D eigenvalue weighted by molar-refractivity contribution is 5.86. The first-order valence-electron chi connectivity index (χ1n) is 9.00. The first-order valence-corrected chi connectivity index (χ1v) is 9.00. The minimum atomic E-state index is -0.838. The average molecular weight is 443 g/mol. The number of pyridine rings is 1. The Balaban J connectivity index is 0.00000210. The third-order valence-corrected chi connectivity index (χ3v) is 4.84. The molecule has 1 aromatic carbocycles. The van der Waals surface area contributed by atoms with E-state index in [0.717, 1.165) is 12.0 Å². The molecule has 2 aromatic rings. The number of hydrogen-bond acceptors (Lipinski definition) is 4. The Hall–Kier alpha value is -2.22. The van der Waals surface area contributed by atoms with Gasteiger partial charge in [-0.25, -0.2) is 4.39 Å². The summed E-state index contributed by atoms with van der Waals surface area (Å²) in [6.07, 6.45) is 4.74. The summed E-state index contributed by atoms with van der Waals surface area (Å²) in [7, 11) is 1.52. The lowest BCUT2D eigenvalue weighted by molar-refractivity contribution is -0.131. The number of likely N-dealkylation sites (N-methyl/N-ethyl adjacent to an activating group) is 1. The lowest BCUT2D eigenvalue weighted by Gasteiger charge is -2.31. The van der Waals surface area contributed by atoms with Gasteiger partial charge in [-0.3, -0.25) is 19.5 Å². The molecule has 6 nitrogen and oxygen atoms in total. The largest absolute Gasteiger partial charge is 0.358 e. The number of halogens is 3. The molecule has 0 spiro atoms. The molecule has 2 heterocycles. The minimum Gasteiger partial charge on any atom is -0.358 e. The highest BCUT2D eigenvalue weighted by atomic mass is 35.5. The number of rotatable bonds is 6. The van der Waals surface area contributed by atoms with Crippen LogP contribution >= 0.6 is 24.8 Å². The molecule has 29 heavy (non-hydrogen) atoms. The van der Waals surface area contributed by atoms with Crippen molar-refractivity contribution < 1.29 is 14.0 Å². The molecular formula is C20H25Cl2FN4O2. The third-order valence-electron chi connectivity index (χ3n) is 4.84. The van der Waals surface area contributed by atoms with Crippen molar-refractivity contribution in [1.82, 2.24) is 20.5 Å². The number of carbonyl (C=O) groups is 2. The lowest BCUT2D eigenvalue weighted by atomic mass is 10.0. The fraction of sp³-hybridized carbons (Fsp3) is 0.350. The molecule has 1 aliphatic rings. The normalized spacial score (nSPS) is 16.8. The number of hydrogen-bond donors (Lipinski definition) is 2. The van der Waals surface area contributed by atoms with Crippen LogP contribution in [0.1, 0.15) is 30.0 Å². The number of benzene rings is 1. The van der Waals surface area contributed by atoms with E-state index in [1.165, 1.54) is 13.1 Å². The Kier molecular flexibility index (Phi) is 10.0. The molecule has 3 rings (SSSR count). The zero-order valence-electron chi connectivity index (χ0n) is 16.0. The predicted molar refractivity (Wildman–Crippen MR) is 114 cm³/mol. The zero-order chi connectivity index (χ0) is 19.2. The van der Waals surface area contributed by atoms with Crippen LogP contribution in [0.4, 0.5) is 4.39 Å². The lowest BCUT2D eigenvalue weighted by Crippen LogP contribution is -2.48. The average Bonchev–Trinajstić information content (AvgIpc) is 3.18. The number of nitrogens with zero attached hydrogens (tertiary/aromatic N) is 2. The highest BCUT2D eigenvalue weighted by Crippen LogP contribution is 2.31. The second-order valence-corrected chi connectivity index (χ2v) is 6.51. The van der Waals surface area contributed by atoms with Gasteiger partial charge in [-0.05, 0) is 36.6 Å². The topological polar surface area (TPSA) is 74.3 Å². The van der Waals surface area contributed by atoms with E-state index in [2.05, 4.69) is 15.6 Å². The summed E-state index contributed by atoms with van der Waals surface area (Å²) in [5, 5.41) is 5.51. The van der Waals surface area contributed by atoms with Crippen LogP contribution in [0, 0.1) is 5.82 Å². The first kappa shape index (κ1) is 24.8. The minimum absolute atomic E-state index is 0. The van der Waals surface area contributed by atoms with Crippen LogP contribution in [0.2, 0.25) is 0 Å². The molecular weight excluding hydrogens is 418 g/mol. The molecule has 0 radical (unpaired) electrons. The van der Waals surface area contributed by atoms with Crippen molar-refractivity contribution >= 4 is 36.6 Å². The van der Waals surface area contributed by atoms with Crippen LogP contribution in [0.25, 0.3) is 0 Å². The molecule has 0 unspecified atom stereocenters. The fourth-order valence-corrected chi connectivity index (χ4v) is 3.49. The SMILES string of the molecule is CNC(=O)[C@@H](c1ccccc1F)N1CCC[C@H]1C(=O)NCc1ccncc1.Cl.Cl. The summed E-state index contributed by atoms with van der Waals surface area (Å²) in [5.74, 6) is -0.933. The van der Waals surface area contributed by atoms with E-state index >= 15 is 0 Å². The van der Waals surface area contributed by atoms with E-state index < -0.39 is 17.9 Å². The fourth-order valence-electron chi connectivity index (χ4n) is 3.49. The molecule has 1 aliphatic heterocycles. The van der Waals surface area contributed by atoms with Gasteiger partial charge in [-0.15, -0.1) is 24.8 Å². The smallest absolute Gasteiger partial charge is 0.241 e.